The molecule has 1 aromatic carbocycles. The Hall–Kier alpha value is -2.56. The van der Waals surface area contributed by atoms with Gasteiger partial charge in [-0.2, -0.15) is 5.10 Å². The molecule has 0 spiro atoms. The first-order chi connectivity index (χ1) is 9.88. The molecule has 0 atom stereocenters. The zero-order valence-electron chi connectivity index (χ0n) is 11.0. The summed E-state index contributed by atoms with van der Waals surface area (Å²) in [6, 6.07) is 9.96. The van der Waals surface area contributed by atoms with Crippen LogP contribution in [-0.2, 0) is 12.8 Å². The predicted octanol–water partition coefficient (Wildman–Crippen LogP) is 2.63. The standard InChI is InChI=1S/C15H13N3O2/c1-19-15-13-12(8-7-10-9-20-17-14(10)13)16-18(15)11-5-3-2-4-6-11/h2-6,9H,7-8H2,1H3. The van der Waals surface area contributed by atoms with Crippen molar-refractivity contribution in [2.75, 3.05) is 7.11 Å². The summed E-state index contributed by atoms with van der Waals surface area (Å²) < 4.78 is 12.5. The highest BCUT2D eigenvalue weighted by Crippen LogP contribution is 2.40. The molecule has 1 aliphatic carbocycles. The van der Waals surface area contributed by atoms with Gasteiger partial charge in [0.25, 0.3) is 0 Å². The number of benzene rings is 1. The molecule has 0 N–H and O–H groups in total. The summed E-state index contributed by atoms with van der Waals surface area (Å²) in [7, 11) is 1.66. The Morgan fingerprint density at radius 1 is 1.20 bits per heavy atom. The van der Waals surface area contributed by atoms with Crippen LogP contribution in [0.2, 0.25) is 0 Å². The first kappa shape index (κ1) is 11.3. The maximum Gasteiger partial charge on any atom is 0.226 e. The molecular weight excluding hydrogens is 254 g/mol. The van der Waals surface area contributed by atoms with Crippen LogP contribution in [0.1, 0.15) is 11.3 Å². The van der Waals surface area contributed by atoms with E-state index in [1.807, 2.05) is 35.0 Å². The van der Waals surface area contributed by atoms with Crippen LogP contribution in [0.15, 0.2) is 41.1 Å². The third kappa shape index (κ3) is 1.49. The van der Waals surface area contributed by atoms with E-state index in [1.54, 1.807) is 13.4 Å². The Balaban J connectivity index is 1.97. The van der Waals surface area contributed by atoms with E-state index < -0.39 is 0 Å². The molecule has 20 heavy (non-hydrogen) atoms. The van der Waals surface area contributed by atoms with Crippen LogP contribution in [0.3, 0.4) is 0 Å². The van der Waals surface area contributed by atoms with Gasteiger partial charge in [-0.05, 0) is 25.0 Å². The van der Waals surface area contributed by atoms with Crippen LogP contribution in [0.4, 0.5) is 0 Å². The zero-order chi connectivity index (χ0) is 13.5. The molecule has 2 heterocycles. The summed E-state index contributed by atoms with van der Waals surface area (Å²) >= 11 is 0. The summed E-state index contributed by atoms with van der Waals surface area (Å²) in [5.41, 5.74) is 4.90. The Labute approximate surface area is 115 Å². The molecule has 0 fully saturated rings. The van der Waals surface area contributed by atoms with Gasteiger partial charge in [-0.15, -0.1) is 0 Å². The molecule has 5 nitrogen and oxygen atoms in total. The van der Waals surface area contributed by atoms with E-state index in [-0.39, 0.29) is 0 Å². The second-order valence-corrected chi connectivity index (χ2v) is 4.77. The topological polar surface area (TPSA) is 53.1 Å². The molecule has 0 bridgehead atoms. The minimum Gasteiger partial charge on any atom is -0.480 e. The van der Waals surface area contributed by atoms with Crippen molar-refractivity contribution in [3.63, 3.8) is 0 Å². The highest BCUT2D eigenvalue weighted by Gasteiger charge is 2.29. The van der Waals surface area contributed by atoms with E-state index in [1.165, 1.54) is 0 Å². The number of para-hydroxylation sites is 1. The fourth-order valence-electron chi connectivity index (χ4n) is 2.68. The predicted molar refractivity (Wildman–Crippen MR) is 73.0 cm³/mol. The minimum absolute atomic E-state index is 0.709. The molecule has 0 unspecified atom stereocenters. The zero-order valence-corrected chi connectivity index (χ0v) is 11.0. The monoisotopic (exact) mass is 267 g/mol. The maximum atomic E-state index is 5.58. The van der Waals surface area contributed by atoms with Crippen molar-refractivity contribution in [3.8, 4) is 22.8 Å². The lowest BCUT2D eigenvalue weighted by Gasteiger charge is -2.09. The highest BCUT2D eigenvalue weighted by molar-refractivity contribution is 5.73. The highest BCUT2D eigenvalue weighted by atomic mass is 16.5. The van der Waals surface area contributed by atoms with Crippen LogP contribution in [0.25, 0.3) is 16.9 Å². The van der Waals surface area contributed by atoms with Gasteiger partial charge >= 0.3 is 0 Å². The van der Waals surface area contributed by atoms with Crippen molar-refractivity contribution in [1.29, 1.82) is 0 Å². The van der Waals surface area contributed by atoms with Crippen LogP contribution in [0, 0.1) is 0 Å². The molecule has 4 rings (SSSR count). The lowest BCUT2D eigenvalue weighted by molar-refractivity contribution is 0.383. The van der Waals surface area contributed by atoms with Gasteiger partial charge in [0.1, 0.15) is 12.0 Å². The van der Waals surface area contributed by atoms with Gasteiger partial charge in [0.15, 0.2) is 0 Å². The van der Waals surface area contributed by atoms with E-state index in [9.17, 15) is 0 Å². The summed E-state index contributed by atoms with van der Waals surface area (Å²) in [4.78, 5) is 0. The van der Waals surface area contributed by atoms with Gasteiger partial charge in [0.2, 0.25) is 5.88 Å². The van der Waals surface area contributed by atoms with Gasteiger partial charge in [-0.1, -0.05) is 23.4 Å². The average molecular weight is 267 g/mol. The molecule has 0 radical (unpaired) electrons. The van der Waals surface area contributed by atoms with E-state index in [4.69, 9.17) is 9.26 Å². The summed E-state index contributed by atoms with van der Waals surface area (Å²) in [6.45, 7) is 0. The Morgan fingerprint density at radius 2 is 2.05 bits per heavy atom. The van der Waals surface area contributed by atoms with Crippen LogP contribution >= 0.6 is 0 Å². The molecule has 5 heteroatoms. The first-order valence-corrected chi connectivity index (χ1v) is 6.53. The summed E-state index contributed by atoms with van der Waals surface area (Å²) in [6.07, 6.45) is 3.48. The summed E-state index contributed by atoms with van der Waals surface area (Å²) in [5.74, 6) is 0.709. The fourth-order valence-corrected chi connectivity index (χ4v) is 2.68. The lowest BCUT2D eigenvalue weighted by atomic mass is 9.96. The number of rotatable bonds is 2. The number of hydrogen-bond acceptors (Lipinski definition) is 4. The third-order valence-electron chi connectivity index (χ3n) is 3.62. The van der Waals surface area contributed by atoms with Crippen molar-refractivity contribution in [2.45, 2.75) is 12.8 Å². The first-order valence-electron chi connectivity index (χ1n) is 6.53. The third-order valence-corrected chi connectivity index (χ3v) is 3.62. The van der Waals surface area contributed by atoms with Gasteiger partial charge in [0, 0.05) is 5.56 Å². The van der Waals surface area contributed by atoms with E-state index >= 15 is 0 Å². The number of aryl methyl sites for hydroxylation is 2. The number of methoxy groups -OCH3 is 1. The molecule has 1 aliphatic rings. The van der Waals surface area contributed by atoms with Gasteiger partial charge < -0.3 is 9.26 Å². The van der Waals surface area contributed by atoms with Gasteiger partial charge in [0.05, 0.1) is 24.1 Å². The summed E-state index contributed by atoms with van der Waals surface area (Å²) in [5, 5.41) is 8.79. The molecule has 0 aliphatic heterocycles. The quantitative estimate of drug-likeness (QED) is 0.716. The maximum absolute atomic E-state index is 5.58. The number of nitrogens with zero attached hydrogens (tertiary/aromatic N) is 3. The molecule has 0 amide bonds. The Kier molecular flexibility index (Phi) is 2.39. The molecular formula is C15H13N3O2. The molecule has 100 valence electrons. The van der Waals surface area contributed by atoms with E-state index in [2.05, 4.69) is 10.3 Å². The van der Waals surface area contributed by atoms with Crippen molar-refractivity contribution in [1.82, 2.24) is 14.9 Å². The second-order valence-electron chi connectivity index (χ2n) is 4.77. The molecule has 0 saturated carbocycles. The molecule has 2 aromatic heterocycles. The number of ether oxygens (including phenoxy) is 1. The van der Waals surface area contributed by atoms with Crippen molar-refractivity contribution < 1.29 is 9.26 Å². The molecule has 3 aromatic rings. The number of fused-ring (bicyclic) bond motifs is 3. The smallest absolute Gasteiger partial charge is 0.226 e. The molecule has 0 saturated heterocycles. The normalized spacial score (nSPS) is 12.8. The second kappa shape index (κ2) is 4.23. The van der Waals surface area contributed by atoms with Crippen molar-refractivity contribution in [2.24, 2.45) is 0 Å². The van der Waals surface area contributed by atoms with Crippen LogP contribution in [-0.4, -0.2) is 22.0 Å². The number of aromatic nitrogens is 3. The lowest BCUT2D eigenvalue weighted by Crippen LogP contribution is -2.01. The van der Waals surface area contributed by atoms with Crippen molar-refractivity contribution >= 4 is 0 Å². The van der Waals surface area contributed by atoms with Gasteiger partial charge in [-0.25, -0.2) is 4.68 Å². The van der Waals surface area contributed by atoms with E-state index in [0.29, 0.717) is 5.88 Å². The Bertz CT molecular complexity index is 759. The average Bonchev–Trinajstić information content (AvgIpc) is 3.11. The number of hydrogen-bond donors (Lipinski definition) is 0. The Morgan fingerprint density at radius 3 is 2.85 bits per heavy atom. The van der Waals surface area contributed by atoms with Crippen LogP contribution < -0.4 is 4.74 Å². The minimum atomic E-state index is 0.709. The van der Waals surface area contributed by atoms with Gasteiger partial charge in [-0.3, -0.25) is 0 Å². The SMILES string of the molecule is COc1c2c(nn1-c1ccccc1)CCc1conc1-2. The van der Waals surface area contributed by atoms with E-state index in [0.717, 1.165) is 41.0 Å². The fraction of sp³-hybridized carbons (Fsp3) is 0.200. The van der Waals surface area contributed by atoms with Crippen LogP contribution in [0.5, 0.6) is 5.88 Å². The van der Waals surface area contributed by atoms with Crippen molar-refractivity contribution in [3.05, 3.63) is 47.9 Å². The largest absolute Gasteiger partial charge is 0.480 e.